The average Bonchev–Trinajstić information content (AvgIpc) is 2.11. The second-order valence-electron chi connectivity index (χ2n) is 2.07. The summed E-state index contributed by atoms with van der Waals surface area (Å²) >= 11 is 0. The van der Waals surface area contributed by atoms with E-state index in [1.54, 1.807) is 12.1 Å². The number of carboxylic acids is 1. The highest BCUT2D eigenvalue weighted by atomic mass is 16.4. The van der Waals surface area contributed by atoms with Crippen molar-refractivity contribution in [1.82, 2.24) is 0 Å². The molecule has 0 fully saturated rings. The second-order valence-corrected chi connectivity index (χ2v) is 2.07. The third-order valence-corrected chi connectivity index (χ3v) is 1.47. The van der Waals surface area contributed by atoms with Crippen molar-refractivity contribution in [2.24, 2.45) is 0 Å². The van der Waals surface area contributed by atoms with Crippen molar-refractivity contribution in [1.29, 1.82) is 0 Å². The zero-order valence-corrected chi connectivity index (χ0v) is 5.00. The maximum atomic E-state index is 10.3. The fourth-order valence-electron chi connectivity index (χ4n) is 0.954. The van der Waals surface area contributed by atoms with Crippen molar-refractivity contribution in [3.63, 3.8) is 0 Å². The highest BCUT2D eigenvalue weighted by Crippen LogP contribution is 2.32. The lowest BCUT2D eigenvalue weighted by molar-refractivity contribution is -0.130. The molecule has 10 heavy (non-hydrogen) atoms. The van der Waals surface area contributed by atoms with Gasteiger partial charge in [-0.05, 0) is 12.1 Å². The highest BCUT2D eigenvalue weighted by molar-refractivity contribution is 6.25. The number of hydrogen-bond acceptors (Lipinski definition) is 2. The first-order valence-corrected chi connectivity index (χ1v) is 2.82. The van der Waals surface area contributed by atoms with E-state index in [0.717, 1.165) is 5.56 Å². The van der Waals surface area contributed by atoms with Crippen LogP contribution in [0.25, 0.3) is 11.6 Å². The molecule has 0 atom stereocenters. The fourth-order valence-corrected chi connectivity index (χ4v) is 0.954. The van der Waals surface area contributed by atoms with Gasteiger partial charge >= 0.3 is 5.97 Å². The van der Waals surface area contributed by atoms with Crippen LogP contribution < -0.4 is 0 Å². The molecule has 0 amide bonds. The van der Waals surface area contributed by atoms with Crippen molar-refractivity contribution >= 4 is 17.6 Å². The minimum Gasteiger partial charge on any atom is -0.478 e. The molecule has 3 heteroatoms. The molecule has 1 aliphatic rings. The monoisotopic (exact) mass is 136 g/mol. The van der Waals surface area contributed by atoms with Gasteiger partial charge < -0.3 is 9.52 Å². The average molecular weight is 136 g/mol. The summed E-state index contributed by atoms with van der Waals surface area (Å²) in [5.74, 6) is -0.435. The van der Waals surface area contributed by atoms with Crippen molar-refractivity contribution in [2.75, 3.05) is 0 Å². The van der Waals surface area contributed by atoms with E-state index in [9.17, 15) is 4.79 Å². The van der Waals surface area contributed by atoms with Gasteiger partial charge in [0.15, 0.2) is 0 Å². The zero-order valence-electron chi connectivity index (χ0n) is 5.00. The van der Waals surface area contributed by atoms with E-state index in [1.807, 2.05) is 0 Å². The van der Waals surface area contributed by atoms with E-state index < -0.39 is 5.97 Å². The molecular weight excluding hydrogens is 132 g/mol. The van der Waals surface area contributed by atoms with Crippen LogP contribution in [-0.4, -0.2) is 11.1 Å². The molecule has 50 valence electrons. The standard InChI is InChI=1S/C7H4O3/c8-7(9)5-3-4-1-2-10-6(4)5/h1-3H,(H,8,9). The predicted octanol–water partition coefficient (Wildman–Crippen LogP) is 1.22. The topological polar surface area (TPSA) is 50.4 Å². The van der Waals surface area contributed by atoms with Crippen LogP contribution in [0.1, 0.15) is 11.3 Å². The van der Waals surface area contributed by atoms with Gasteiger partial charge in [0.1, 0.15) is 11.3 Å². The number of furan rings is 1. The van der Waals surface area contributed by atoms with Gasteiger partial charge in [-0.25, -0.2) is 4.79 Å². The van der Waals surface area contributed by atoms with Gasteiger partial charge in [0.2, 0.25) is 0 Å². The van der Waals surface area contributed by atoms with E-state index in [-0.39, 0.29) is 5.57 Å². The summed E-state index contributed by atoms with van der Waals surface area (Å²) < 4.78 is 4.88. The molecule has 1 aromatic heterocycles. The maximum Gasteiger partial charge on any atom is 0.339 e. The fraction of sp³-hybridized carbons (Fsp3) is 0. The van der Waals surface area contributed by atoms with Crippen LogP contribution in [0.4, 0.5) is 0 Å². The molecule has 1 aromatic rings. The minimum absolute atomic E-state index is 0.264. The number of hydrogen-bond donors (Lipinski definition) is 1. The van der Waals surface area contributed by atoms with Gasteiger partial charge in [0.25, 0.3) is 0 Å². The molecular formula is C7H4O3. The summed E-state index contributed by atoms with van der Waals surface area (Å²) in [6.45, 7) is 0. The van der Waals surface area contributed by atoms with Crippen molar-refractivity contribution in [3.8, 4) is 0 Å². The molecule has 0 spiro atoms. The molecule has 0 aliphatic heterocycles. The van der Waals surface area contributed by atoms with E-state index in [2.05, 4.69) is 0 Å². The van der Waals surface area contributed by atoms with Gasteiger partial charge in [0.05, 0.1) is 6.26 Å². The lowest BCUT2D eigenvalue weighted by atomic mass is 9.98. The van der Waals surface area contributed by atoms with E-state index in [0.29, 0.717) is 5.76 Å². The Hall–Kier alpha value is -1.51. The number of rotatable bonds is 1. The molecule has 0 radical (unpaired) electrons. The summed E-state index contributed by atoms with van der Waals surface area (Å²) in [4.78, 5) is 10.3. The molecule has 1 heterocycles. The first kappa shape index (κ1) is 5.29. The van der Waals surface area contributed by atoms with Gasteiger partial charge in [0, 0.05) is 5.56 Å². The minimum atomic E-state index is -0.928. The molecule has 0 unspecified atom stereocenters. The summed E-state index contributed by atoms with van der Waals surface area (Å²) in [5, 5.41) is 8.47. The Bertz CT molecular complexity index is 319. The summed E-state index contributed by atoms with van der Waals surface area (Å²) in [6, 6.07) is 1.74. The molecule has 0 saturated heterocycles. The Morgan fingerprint density at radius 2 is 2.40 bits per heavy atom. The lowest BCUT2D eigenvalue weighted by Crippen LogP contribution is -2.05. The van der Waals surface area contributed by atoms with Crippen molar-refractivity contribution in [3.05, 3.63) is 23.7 Å². The van der Waals surface area contributed by atoms with Crippen LogP contribution in [0, 0.1) is 0 Å². The Labute approximate surface area is 56.6 Å². The summed E-state index contributed by atoms with van der Waals surface area (Å²) in [7, 11) is 0. The van der Waals surface area contributed by atoms with Crippen molar-refractivity contribution < 1.29 is 14.3 Å². The smallest absolute Gasteiger partial charge is 0.339 e. The first-order chi connectivity index (χ1) is 4.79. The predicted molar refractivity (Wildman–Crippen MR) is 34.2 cm³/mol. The van der Waals surface area contributed by atoms with E-state index in [1.165, 1.54) is 6.26 Å². The molecule has 0 aromatic carbocycles. The Balaban J connectivity index is 2.44. The SMILES string of the molecule is O=C(O)C1=Cc2ccoc21. The largest absolute Gasteiger partial charge is 0.478 e. The zero-order chi connectivity index (χ0) is 7.14. The second kappa shape index (κ2) is 1.50. The van der Waals surface area contributed by atoms with Crippen LogP contribution in [0.3, 0.4) is 0 Å². The van der Waals surface area contributed by atoms with Gasteiger partial charge in [-0.15, -0.1) is 0 Å². The molecule has 3 nitrogen and oxygen atoms in total. The molecule has 0 saturated carbocycles. The van der Waals surface area contributed by atoms with Crippen LogP contribution in [0.2, 0.25) is 0 Å². The van der Waals surface area contributed by atoms with Gasteiger partial charge in [-0.1, -0.05) is 0 Å². The Morgan fingerprint density at radius 1 is 1.60 bits per heavy atom. The lowest BCUT2D eigenvalue weighted by Gasteiger charge is -2.07. The normalized spacial score (nSPS) is 13.4. The van der Waals surface area contributed by atoms with Gasteiger partial charge in [-0.2, -0.15) is 0 Å². The maximum absolute atomic E-state index is 10.3. The number of aliphatic carboxylic acids is 1. The number of carboxylic acid groups (broad SMARTS) is 1. The highest BCUT2D eigenvalue weighted by Gasteiger charge is 2.24. The first-order valence-electron chi connectivity index (χ1n) is 2.82. The van der Waals surface area contributed by atoms with E-state index in [4.69, 9.17) is 9.52 Å². The van der Waals surface area contributed by atoms with Crippen LogP contribution in [-0.2, 0) is 4.79 Å². The van der Waals surface area contributed by atoms with Crippen LogP contribution in [0.15, 0.2) is 16.7 Å². The molecule has 1 aliphatic carbocycles. The van der Waals surface area contributed by atoms with Crippen molar-refractivity contribution in [2.45, 2.75) is 0 Å². The third-order valence-electron chi connectivity index (χ3n) is 1.47. The van der Waals surface area contributed by atoms with E-state index >= 15 is 0 Å². The summed E-state index contributed by atoms with van der Waals surface area (Å²) in [5.41, 5.74) is 1.14. The Kier molecular flexibility index (Phi) is 0.795. The van der Waals surface area contributed by atoms with Crippen LogP contribution >= 0.6 is 0 Å². The van der Waals surface area contributed by atoms with Gasteiger partial charge in [-0.3, -0.25) is 0 Å². The number of fused-ring (bicyclic) bond motifs is 1. The molecule has 2 rings (SSSR count). The third kappa shape index (κ3) is 0.466. The molecule has 1 N–H and O–H groups in total. The van der Waals surface area contributed by atoms with Crippen LogP contribution in [0.5, 0.6) is 0 Å². The number of carbonyl (C=O) groups is 1. The Morgan fingerprint density at radius 3 is 3.00 bits per heavy atom. The summed E-state index contributed by atoms with van der Waals surface area (Å²) in [6.07, 6.45) is 3.07. The molecule has 0 bridgehead atoms. The quantitative estimate of drug-likeness (QED) is 0.631.